The predicted molar refractivity (Wildman–Crippen MR) is 54.7 cm³/mol. The Morgan fingerprint density at radius 1 is 1.44 bits per heavy atom. The molecule has 0 aliphatic heterocycles. The van der Waals surface area contributed by atoms with Crippen LogP contribution in [0.5, 0.6) is 0 Å². The van der Waals surface area contributed by atoms with Crippen LogP contribution in [0.15, 0.2) is 4.52 Å². The van der Waals surface area contributed by atoms with Gasteiger partial charge in [-0.1, -0.05) is 19.0 Å². The van der Waals surface area contributed by atoms with Gasteiger partial charge in [0.25, 0.3) is 0 Å². The van der Waals surface area contributed by atoms with E-state index in [1.54, 1.807) is 0 Å². The summed E-state index contributed by atoms with van der Waals surface area (Å²) in [5.41, 5.74) is 0. The number of aliphatic hydroxyl groups excluding tert-OH is 1. The van der Waals surface area contributed by atoms with Crippen molar-refractivity contribution >= 4 is 0 Å². The number of aliphatic hydroxyl groups is 1. The Balaban J connectivity index is 2.62. The molecule has 0 aliphatic rings. The first-order valence-corrected chi connectivity index (χ1v) is 5.51. The van der Waals surface area contributed by atoms with Gasteiger partial charge in [-0.2, -0.15) is 18.2 Å². The van der Waals surface area contributed by atoms with Crippen LogP contribution in [0, 0.1) is 0 Å². The van der Waals surface area contributed by atoms with E-state index < -0.39 is 18.2 Å². The van der Waals surface area contributed by atoms with Crippen molar-refractivity contribution < 1.29 is 27.5 Å². The lowest BCUT2D eigenvalue weighted by atomic mass is 10.1. The van der Waals surface area contributed by atoms with Gasteiger partial charge in [0.05, 0.1) is 5.92 Å². The lowest BCUT2D eigenvalue weighted by Gasteiger charge is -2.17. The second-order valence-corrected chi connectivity index (χ2v) is 3.88. The Morgan fingerprint density at radius 2 is 2.11 bits per heavy atom. The maximum absolute atomic E-state index is 12.3. The molecular formula is C10H15F3N2O3. The molecule has 5 nitrogen and oxygen atoms in total. The minimum atomic E-state index is -4.72. The maximum atomic E-state index is 12.3. The Bertz CT molecular complexity index is 367. The normalized spacial score (nSPS) is 15.7. The molecule has 0 saturated carbocycles. The van der Waals surface area contributed by atoms with E-state index in [-0.39, 0.29) is 18.3 Å². The molecule has 8 heteroatoms. The highest BCUT2D eigenvalue weighted by Gasteiger charge is 2.44. The Hall–Kier alpha value is -1.15. The summed E-state index contributed by atoms with van der Waals surface area (Å²) in [5, 5.41) is 12.5. The van der Waals surface area contributed by atoms with E-state index in [1.807, 2.05) is 6.92 Å². The third-order valence-electron chi connectivity index (χ3n) is 2.26. The molecule has 0 bridgehead atoms. The highest BCUT2D eigenvalue weighted by molar-refractivity contribution is 4.96. The van der Waals surface area contributed by atoms with Crippen LogP contribution in [0.2, 0.25) is 0 Å². The first-order valence-electron chi connectivity index (χ1n) is 5.51. The van der Waals surface area contributed by atoms with E-state index >= 15 is 0 Å². The van der Waals surface area contributed by atoms with E-state index in [4.69, 9.17) is 9.84 Å². The molecule has 2 unspecified atom stereocenters. The number of ether oxygens (including phenoxy) is 1. The van der Waals surface area contributed by atoms with Crippen LogP contribution < -0.4 is 0 Å². The minimum absolute atomic E-state index is 0.0756. The highest BCUT2D eigenvalue weighted by atomic mass is 19.4. The Kier molecular flexibility index (Phi) is 5.09. The molecule has 0 amide bonds. The molecule has 1 N–H and O–H groups in total. The number of alkyl halides is 3. The van der Waals surface area contributed by atoms with Crippen molar-refractivity contribution in [3.8, 4) is 0 Å². The molecule has 1 aromatic rings. The Morgan fingerprint density at radius 3 is 2.67 bits per heavy atom. The molecule has 0 aromatic carbocycles. The summed E-state index contributed by atoms with van der Waals surface area (Å²) in [7, 11) is 0. The standard InChI is InChI=1S/C10H15F3N2O3/c1-3-4-17-5-7-14-9(18-15-7)6(2)8(16)10(11,12)13/h6,8,16H,3-5H2,1-2H3. The van der Waals surface area contributed by atoms with Gasteiger partial charge < -0.3 is 14.4 Å². The van der Waals surface area contributed by atoms with Crippen molar-refractivity contribution in [1.82, 2.24) is 10.1 Å². The van der Waals surface area contributed by atoms with E-state index in [2.05, 4.69) is 14.7 Å². The average molecular weight is 268 g/mol. The smallest absolute Gasteiger partial charge is 0.383 e. The van der Waals surface area contributed by atoms with Crippen LogP contribution in [0.4, 0.5) is 13.2 Å². The van der Waals surface area contributed by atoms with Gasteiger partial charge in [0.15, 0.2) is 11.9 Å². The third kappa shape index (κ3) is 3.95. The molecule has 0 radical (unpaired) electrons. The average Bonchev–Trinajstić information content (AvgIpc) is 2.75. The van der Waals surface area contributed by atoms with Crippen molar-refractivity contribution in [2.45, 2.75) is 45.1 Å². The molecular weight excluding hydrogens is 253 g/mol. The summed E-state index contributed by atoms with van der Waals surface area (Å²) in [6.07, 6.45) is -6.43. The summed E-state index contributed by atoms with van der Waals surface area (Å²) in [6, 6.07) is 0. The van der Waals surface area contributed by atoms with Gasteiger partial charge in [-0.15, -0.1) is 0 Å². The lowest BCUT2D eigenvalue weighted by Crippen LogP contribution is -2.33. The second kappa shape index (κ2) is 6.14. The summed E-state index contributed by atoms with van der Waals surface area (Å²) >= 11 is 0. The maximum Gasteiger partial charge on any atom is 0.415 e. The van der Waals surface area contributed by atoms with Crippen LogP contribution in [0.25, 0.3) is 0 Å². The molecule has 0 fully saturated rings. The molecule has 1 aromatic heterocycles. The molecule has 1 heterocycles. The molecule has 0 saturated heterocycles. The zero-order valence-electron chi connectivity index (χ0n) is 10.1. The largest absolute Gasteiger partial charge is 0.415 e. The van der Waals surface area contributed by atoms with Gasteiger partial charge in [0, 0.05) is 6.61 Å². The van der Waals surface area contributed by atoms with Gasteiger partial charge in [-0.05, 0) is 6.42 Å². The van der Waals surface area contributed by atoms with Crippen molar-refractivity contribution in [2.24, 2.45) is 0 Å². The van der Waals surface area contributed by atoms with Gasteiger partial charge in [0.2, 0.25) is 5.89 Å². The molecule has 2 atom stereocenters. The van der Waals surface area contributed by atoms with Crippen LogP contribution in [-0.2, 0) is 11.3 Å². The predicted octanol–water partition coefficient (Wildman–Crippen LogP) is 2.02. The number of hydrogen-bond donors (Lipinski definition) is 1. The second-order valence-electron chi connectivity index (χ2n) is 3.88. The van der Waals surface area contributed by atoms with Crippen molar-refractivity contribution in [2.75, 3.05) is 6.61 Å². The first kappa shape index (κ1) is 14.9. The van der Waals surface area contributed by atoms with Crippen molar-refractivity contribution in [3.05, 3.63) is 11.7 Å². The Labute approximate surface area is 102 Å². The van der Waals surface area contributed by atoms with Crippen molar-refractivity contribution in [3.63, 3.8) is 0 Å². The fourth-order valence-electron chi connectivity index (χ4n) is 1.24. The molecule has 104 valence electrons. The topological polar surface area (TPSA) is 68.4 Å². The van der Waals surface area contributed by atoms with Gasteiger partial charge >= 0.3 is 6.18 Å². The van der Waals surface area contributed by atoms with Gasteiger partial charge in [0.1, 0.15) is 6.61 Å². The number of halogens is 3. The number of nitrogens with zero attached hydrogens (tertiary/aromatic N) is 2. The third-order valence-corrected chi connectivity index (χ3v) is 2.26. The van der Waals surface area contributed by atoms with Crippen LogP contribution in [0.3, 0.4) is 0 Å². The zero-order chi connectivity index (χ0) is 13.8. The monoisotopic (exact) mass is 268 g/mol. The SMILES string of the molecule is CCCOCc1noc(C(C)C(O)C(F)(F)F)n1. The lowest BCUT2D eigenvalue weighted by molar-refractivity contribution is -0.210. The van der Waals surface area contributed by atoms with Gasteiger partial charge in [-0.3, -0.25) is 0 Å². The number of rotatable bonds is 6. The number of aromatic nitrogens is 2. The van der Waals surface area contributed by atoms with Gasteiger partial charge in [-0.25, -0.2) is 0 Å². The van der Waals surface area contributed by atoms with Crippen LogP contribution >= 0.6 is 0 Å². The fourth-order valence-corrected chi connectivity index (χ4v) is 1.24. The first-order chi connectivity index (χ1) is 8.36. The van der Waals surface area contributed by atoms with Crippen LogP contribution in [0.1, 0.15) is 37.9 Å². The summed E-state index contributed by atoms with van der Waals surface area (Å²) in [6.45, 7) is 3.67. The zero-order valence-corrected chi connectivity index (χ0v) is 10.1. The summed E-state index contributed by atoms with van der Waals surface area (Å²) in [5.74, 6) is -1.40. The van der Waals surface area contributed by atoms with E-state index in [0.717, 1.165) is 6.42 Å². The summed E-state index contributed by atoms with van der Waals surface area (Å²) < 4.78 is 46.6. The number of hydrogen-bond acceptors (Lipinski definition) is 5. The van der Waals surface area contributed by atoms with Crippen LogP contribution in [-0.4, -0.2) is 34.1 Å². The fraction of sp³-hybridized carbons (Fsp3) is 0.800. The molecule has 1 rings (SSSR count). The molecule has 0 aliphatic carbocycles. The van der Waals surface area contributed by atoms with E-state index in [0.29, 0.717) is 6.61 Å². The minimum Gasteiger partial charge on any atom is -0.383 e. The quantitative estimate of drug-likeness (QED) is 0.799. The highest BCUT2D eigenvalue weighted by Crippen LogP contribution is 2.30. The van der Waals surface area contributed by atoms with E-state index in [1.165, 1.54) is 6.92 Å². The molecule has 18 heavy (non-hydrogen) atoms. The van der Waals surface area contributed by atoms with E-state index in [9.17, 15) is 13.2 Å². The molecule has 0 spiro atoms. The van der Waals surface area contributed by atoms with Crippen molar-refractivity contribution in [1.29, 1.82) is 0 Å². The summed E-state index contributed by atoms with van der Waals surface area (Å²) in [4.78, 5) is 3.75.